The lowest BCUT2D eigenvalue weighted by Gasteiger charge is -2.57. The summed E-state index contributed by atoms with van der Waals surface area (Å²) in [5.41, 5.74) is 1.43. The van der Waals surface area contributed by atoms with Crippen molar-refractivity contribution in [2.45, 2.75) is 70.8 Å². The first-order valence-electron chi connectivity index (χ1n) is 14.9. The summed E-state index contributed by atoms with van der Waals surface area (Å²) in [6.45, 7) is 6.55. The Morgan fingerprint density at radius 2 is 1.68 bits per heavy atom. The van der Waals surface area contributed by atoms with Gasteiger partial charge in [-0.25, -0.2) is 9.18 Å². The van der Waals surface area contributed by atoms with Crippen molar-refractivity contribution in [1.29, 1.82) is 0 Å². The highest BCUT2D eigenvalue weighted by molar-refractivity contribution is 5.94. The van der Waals surface area contributed by atoms with E-state index in [0.717, 1.165) is 63.3 Å². The number of fused-ring (bicyclic) bond motifs is 1. The number of rotatable bonds is 7. The van der Waals surface area contributed by atoms with E-state index in [9.17, 15) is 9.59 Å². The Labute approximate surface area is 224 Å². The Balaban J connectivity index is 1.07. The predicted molar refractivity (Wildman–Crippen MR) is 146 cm³/mol. The van der Waals surface area contributed by atoms with Crippen LogP contribution in [-0.2, 0) is 4.74 Å². The molecule has 38 heavy (non-hydrogen) atoms. The molecule has 1 saturated heterocycles. The van der Waals surface area contributed by atoms with E-state index < -0.39 is 11.4 Å². The number of ether oxygens (including phenoxy) is 1. The van der Waals surface area contributed by atoms with Gasteiger partial charge in [-0.1, -0.05) is 0 Å². The van der Waals surface area contributed by atoms with Crippen molar-refractivity contribution in [2.24, 2.45) is 23.2 Å². The van der Waals surface area contributed by atoms with Crippen molar-refractivity contribution in [3.05, 3.63) is 39.9 Å². The predicted octanol–water partition coefficient (Wildman–Crippen LogP) is 5.38. The number of pyridine rings is 1. The van der Waals surface area contributed by atoms with E-state index in [-0.39, 0.29) is 29.4 Å². The van der Waals surface area contributed by atoms with Crippen LogP contribution in [0.15, 0.2) is 23.1 Å². The summed E-state index contributed by atoms with van der Waals surface area (Å²) in [5.74, 6) is 1.96. The fraction of sp³-hybridized carbons (Fsp3) is 0.677. The summed E-state index contributed by atoms with van der Waals surface area (Å²) in [4.78, 5) is 30.3. The number of hydrogen-bond acceptors (Lipinski definition) is 5. The minimum atomic E-state index is -0.636. The first-order valence-corrected chi connectivity index (χ1v) is 14.9. The normalized spacial score (nSPS) is 30.8. The van der Waals surface area contributed by atoms with Crippen molar-refractivity contribution < 1.29 is 13.9 Å². The van der Waals surface area contributed by atoms with Crippen LogP contribution in [0.25, 0.3) is 10.9 Å². The van der Waals surface area contributed by atoms with Crippen LogP contribution in [0.5, 0.6) is 0 Å². The number of benzene rings is 1. The fourth-order valence-electron chi connectivity index (χ4n) is 8.81. The first-order chi connectivity index (χ1) is 18.4. The minimum Gasteiger partial charge on any atom is -0.462 e. The van der Waals surface area contributed by atoms with Gasteiger partial charge in [0.2, 0.25) is 5.43 Å². The second kappa shape index (κ2) is 9.35. The zero-order valence-corrected chi connectivity index (χ0v) is 22.6. The summed E-state index contributed by atoms with van der Waals surface area (Å²) in [5, 5.41) is 0.262. The van der Waals surface area contributed by atoms with E-state index in [2.05, 4.69) is 9.80 Å². The summed E-state index contributed by atoms with van der Waals surface area (Å²) < 4.78 is 22.6. The van der Waals surface area contributed by atoms with Gasteiger partial charge in [-0.15, -0.1) is 0 Å². The Hall–Kier alpha value is -2.41. The molecular formula is C31H40FN3O3. The lowest BCUT2D eigenvalue weighted by Crippen LogP contribution is -2.50. The topological polar surface area (TPSA) is 54.8 Å². The van der Waals surface area contributed by atoms with Gasteiger partial charge in [0.05, 0.1) is 17.8 Å². The van der Waals surface area contributed by atoms with E-state index >= 15 is 4.39 Å². The van der Waals surface area contributed by atoms with Crippen LogP contribution in [0.4, 0.5) is 10.1 Å². The molecule has 0 unspecified atom stereocenters. The smallest absolute Gasteiger partial charge is 0.343 e. The van der Waals surface area contributed by atoms with Crippen molar-refractivity contribution in [2.75, 3.05) is 44.2 Å². The van der Waals surface area contributed by atoms with Crippen molar-refractivity contribution in [3.63, 3.8) is 0 Å². The highest BCUT2D eigenvalue weighted by atomic mass is 19.1. The van der Waals surface area contributed by atoms with Crippen LogP contribution in [0.2, 0.25) is 0 Å². The van der Waals surface area contributed by atoms with Gasteiger partial charge in [0.15, 0.2) is 0 Å². The van der Waals surface area contributed by atoms with Crippen LogP contribution >= 0.6 is 0 Å². The zero-order chi connectivity index (χ0) is 26.0. The number of halogens is 1. The molecule has 2 heterocycles. The molecule has 0 amide bonds. The molecule has 5 saturated carbocycles. The van der Waals surface area contributed by atoms with Crippen LogP contribution in [0, 0.1) is 29.0 Å². The molecule has 1 aromatic carbocycles. The maximum atomic E-state index is 15.5. The molecule has 5 aliphatic carbocycles. The highest BCUT2D eigenvalue weighted by Gasteiger charge is 2.50. The molecule has 1 aliphatic heterocycles. The average molecular weight is 522 g/mol. The molecule has 1 aromatic heterocycles. The van der Waals surface area contributed by atoms with Gasteiger partial charge in [-0.05, 0) is 107 Å². The summed E-state index contributed by atoms with van der Waals surface area (Å²) in [7, 11) is 0. The lowest BCUT2D eigenvalue weighted by atomic mass is 9.49. The van der Waals surface area contributed by atoms with Crippen LogP contribution in [-0.4, -0.2) is 54.8 Å². The van der Waals surface area contributed by atoms with E-state index in [1.165, 1.54) is 51.0 Å². The molecule has 0 atom stereocenters. The zero-order valence-electron chi connectivity index (χ0n) is 22.6. The largest absolute Gasteiger partial charge is 0.462 e. The summed E-state index contributed by atoms with van der Waals surface area (Å²) in [6.07, 6.45) is 13.8. The third-order valence-corrected chi connectivity index (χ3v) is 10.4. The Morgan fingerprint density at radius 1 is 1.03 bits per heavy atom. The number of nitrogens with zero attached hydrogens (tertiary/aromatic N) is 3. The van der Waals surface area contributed by atoms with Gasteiger partial charge in [0.1, 0.15) is 11.4 Å². The summed E-state index contributed by atoms with van der Waals surface area (Å²) in [6, 6.07) is 3.42. The molecule has 6 aliphatic rings. The molecular weight excluding hydrogens is 481 g/mol. The lowest BCUT2D eigenvalue weighted by molar-refractivity contribution is -0.0611. The highest BCUT2D eigenvalue weighted by Crippen LogP contribution is 2.61. The van der Waals surface area contributed by atoms with E-state index in [0.29, 0.717) is 16.6 Å². The van der Waals surface area contributed by atoms with Gasteiger partial charge in [-0.3, -0.25) is 9.69 Å². The second-order valence-electron chi connectivity index (χ2n) is 13.0. The van der Waals surface area contributed by atoms with Crippen molar-refractivity contribution in [1.82, 2.24) is 9.47 Å². The first kappa shape index (κ1) is 24.6. The number of anilines is 1. The maximum Gasteiger partial charge on any atom is 0.343 e. The average Bonchev–Trinajstić information content (AvgIpc) is 3.73. The standard InChI is InChI=1S/C31H40FN3O3/c1-2-38-30(37)25-19-35(23-3-4-23)27-15-28(26(32)14-24(27)29(25)36)34-9-7-33(8-10-34)6-5-31-16-20-11-21(17-31)13-22(12-20)18-31/h14-15,19-23H,2-13,16-18H2,1H3. The van der Waals surface area contributed by atoms with Crippen LogP contribution in [0.3, 0.4) is 0 Å². The monoisotopic (exact) mass is 521 g/mol. The molecule has 6 nitrogen and oxygen atoms in total. The van der Waals surface area contributed by atoms with Crippen molar-refractivity contribution >= 4 is 22.6 Å². The number of esters is 1. The molecule has 2 aromatic rings. The molecule has 7 heteroatoms. The third kappa shape index (κ3) is 4.35. The quantitative estimate of drug-likeness (QED) is 0.458. The van der Waals surface area contributed by atoms with E-state index in [1.54, 1.807) is 13.1 Å². The number of piperazine rings is 1. The summed E-state index contributed by atoms with van der Waals surface area (Å²) >= 11 is 0. The minimum absolute atomic E-state index is 0.00830. The number of hydrogen-bond donors (Lipinski definition) is 0. The van der Waals surface area contributed by atoms with Gasteiger partial charge < -0.3 is 14.2 Å². The van der Waals surface area contributed by atoms with Gasteiger partial charge in [0.25, 0.3) is 0 Å². The maximum absolute atomic E-state index is 15.5. The number of carbonyl (C=O) groups is 1. The number of carbonyl (C=O) groups excluding carboxylic acids is 1. The molecule has 4 bridgehead atoms. The number of aromatic nitrogens is 1. The van der Waals surface area contributed by atoms with Crippen LogP contribution in [0.1, 0.15) is 81.1 Å². The molecule has 204 valence electrons. The van der Waals surface area contributed by atoms with Crippen LogP contribution < -0.4 is 10.3 Å². The Bertz CT molecular complexity index is 1270. The van der Waals surface area contributed by atoms with Gasteiger partial charge in [-0.2, -0.15) is 0 Å². The Morgan fingerprint density at radius 3 is 2.29 bits per heavy atom. The fourth-order valence-corrected chi connectivity index (χ4v) is 8.81. The van der Waals surface area contributed by atoms with Gasteiger partial charge in [0, 0.05) is 43.8 Å². The molecule has 0 N–H and O–H groups in total. The molecule has 0 radical (unpaired) electrons. The molecule has 6 fully saturated rings. The second-order valence-corrected chi connectivity index (χ2v) is 13.0. The Kier molecular flexibility index (Phi) is 6.06. The van der Waals surface area contributed by atoms with Crippen molar-refractivity contribution in [3.8, 4) is 0 Å². The third-order valence-electron chi connectivity index (χ3n) is 10.4. The molecule has 8 rings (SSSR count). The van der Waals surface area contributed by atoms with E-state index in [4.69, 9.17) is 4.74 Å². The molecule has 0 spiro atoms. The van der Waals surface area contributed by atoms with E-state index in [1.807, 2.05) is 10.6 Å². The SMILES string of the molecule is CCOC(=O)c1cn(C2CC2)c2cc(N3CCN(CCC45CC6CC(CC(C6)C4)C5)CC3)c(F)cc2c1=O. The van der Waals surface area contributed by atoms with Gasteiger partial charge >= 0.3 is 5.97 Å².